The van der Waals surface area contributed by atoms with Crippen LogP contribution in [0.4, 0.5) is 0 Å². The van der Waals surface area contributed by atoms with Crippen molar-refractivity contribution >= 4 is 12.2 Å². The van der Waals surface area contributed by atoms with Crippen LogP contribution in [-0.2, 0) is 9.59 Å². The molecule has 0 aromatic rings. The van der Waals surface area contributed by atoms with Crippen molar-refractivity contribution < 1.29 is 9.59 Å². The van der Waals surface area contributed by atoms with E-state index in [-0.39, 0.29) is 17.9 Å². The lowest BCUT2D eigenvalue weighted by Crippen LogP contribution is -2.39. The molecule has 0 radical (unpaired) electrons. The lowest BCUT2D eigenvalue weighted by Gasteiger charge is -2.15. The monoisotopic (exact) mass is 367 g/mol. The molecule has 0 aliphatic rings. The van der Waals surface area contributed by atoms with Crippen molar-refractivity contribution in [3.05, 3.63) is 0 Å². The summed E-state index contributed by atoms with van der Waals surface area (Å²) in [5.74, 6) is 0.183. The van der Waals surface area contributed by atoms with Gasteiger partial charge in [-0.2, -0.15) is 0 Å². The van der Waals surface area contributed by atoms with E-state index in [0.29, 0.717) is 6.42 Å². The largest absolute Gasteiger partial charge is 0.346 e. The number of aldehydes is 1. The Labute approximate surface area is 163 Å². The zero-order valence-electron chi connectivity index (χ0n) is 17.9. The summed E-state index contributed by atoms with van der Waals surface area (Å²) in [7, 11) is 0. The first-order valence-corrected chi connectivity index (χ1v) is 11.4. The highest BCUT2D eigenvalue weighted by atomic mass is 16.2. The van der Waals surface area contributed by atoms with Crippen molar-refractivity contribution in [2.75, 3.05) is 0 Å². The SMILES string of the molecule is CCCCCCCCCCCCCCCCCC(=O)N[C@H](C=O)C(C)C. The quantitative estimate of drug-likeness (QED) is 0.207. The zero-order valence-corrected chi connectivity index (χ0v) is 17.9. The molecule has 0 heterocycles. The van der Waals surface area contributed by atoms with E-state index in [1.165, 1.54) is 83.5 Å². The Morgan fingerprint density at radius 2 is 1.12 bits per heavy atom. The molecule has 0 aromatic heterocycles. The average Bonchev–Trinajstić information content (AvgIpc) is 2.62. The summed E-state index contributed by atoms with van der Waals surface area (Å²) in [5, 5.41) is 2.81. The van der Waals surface area contributed by atoms with Crippen LogP contribution in [0.25, 0.3) is 0 Å². The summed E-state index contributed by atoms with van der Waals surface area (Å²) in [6.45, 7) is 6.18. The number of unbranched alkanes of at least 4 members (excludes halogenated alkanes) is 14. The highest BCUT2D eigenvalue weighted by molar-refractivity contribution is 5.79. The van der Waals surface area contributed by atoms with Gasteiger partial charge in [-0.25, -0.2) is 0 Å². The minimum atomic E-state index is -0.334. The van der Waals surface area contributed by atoms with Gasteiger partial charge in [0, 0.05) is 6.42 Å². The lowest BCUT2D eigenvalue weighted by molar-refractivity contribution is -0.124. The predicted octanol–water partition coefficient (Wildman–Crippen LogP) is 6.59. The highest BCUT2D eigenvalue weighted by Gasteiger charge is 2.14. The minimum Gasteiger partial charge on any atom is -0.346 e. The van der Waals surface area contributed by atoms with Crippen LogP contribution < -0.4 is 5.32 Å². The fourth-order valence-electron chi connectivity index (χ4n) is 3.27. The third-order valence-electron chi connectivity index (χ3n) is 5.20. The molecule has 0 saturated carbocycles. The van der Waals surface area contributed by atoms with Gasteiger partial charge in [-0.1, -0.05) is 111 Å². The van der Waals surface area contributed by atoms with Crippen molar-refractivity contribution in [2.24, 2.45) is 5.92 Å². The van der Waals surface area contributed by atoms with E-state index >= 15 is 0 Å². The second-order valence-electron chi connectivity index (χ2n) is 8.17. The van der Waals surface area contributed by atoms with E-state index in [1.54, 1.807) is 0 Å². The Morgan fingerprint density at radius 3 is 1.46 bits per heavy atom. The molecule has 0 fully saturated rings. The highest BCUT2D eigenvalue weighted by Crippen LogP contribution is 2.13. The zero-order chi connectivity index (χ0) is 19.5. The van der Waals surface area contributed by atoms with Gasteiger partial charge in [-0.05, 0) is 12.3 Å². The molecule has 1 atom stereocenters. The van der Waals surface area contributed by atoms with Gasteiger partial charge < -0.3 is 10.1 Å². The molecule has 154 valence electrons. The maximum Gasteiger partial charge on any atom is 0.220 e. The molecule has 1 N–H and O–H groups in total. The van der Waals surface area contributed by atoms with Crippen LogP contribution in [0.3, 0.4) is 0 Å². The summed E-state index contributed by atoms with van der Waals surface area (Å²) in [4.78, 5) is 22.7. The van der Waals surface area contributed by atoms with Gasteiger partial charge in [0.25, 0.3) is 0 Å². The normalized spacial score (nSPS) is 12.3. The number of carbonyl (C=O) groups is 2. The number of amides is 1. The molecule has 26 heavy (non-hydrogen) atoms. The second-order valence-corrected chi connectivity index (χ2v) is 8.17. The summed E-state index contributed by atoms with van der Waals surface area (Å²) in [6.07, 6.45) is 21.3. The van der Waals surface area contributed by atoms with Crippen LogP contribution in [0, 0.1) is 5.92 Å². The molecular weight excluding hydrogens is 322 g/mol. The van der Waals surface area contributed by atoms with Crippen molar-refractivity contribution in [1.82, 2.24) is 5.32 Å². The van der Waals surface area contributed by atoms with Gasteiger partial charge in [0.1, 0.15) is 6.29 Å². The topological polar surface area (TPSA) is 46.2 Å². The Morgan fingerprint density at radius 1 is 0.731 bits per heavy atom. The number of hydrogen-bond acceptors (Lipinski definition) is 2. The van der Waals surface area contributed by atoms with Gasteiger partial charge in [0.15, 0.2) is 0 Å². The molecule has 0 saturated heterocycles. The van der Waals surface area contributed by atoms with Crippen LogP contribution in [0.2, 0.25) is 0 Å². The van der Waals surface area contributed by atoms with Crippen LogP contribution in [-0.4, -0.2) is 18.2 Å². The molecule has 3 nitrogen and oxygen atoms in total. The van der Waals surface area contributed by atoms with Gasteiger partial charge in [-0.3, -0.25) is 4.79 Å². The van der Waals surface area contributed by atoms with Crippen LogP contribution in [0.1, 0.15) is 124 Å². The molecule has 0 unspecified atom stereocenters. The Hall–Kier alpha value is -0.860. The van der Waals surface area contributed by atoms with E-state index in [9.17, 15) is 9.59 Å². The van der Waals surface area contributed by atoms with E-state index in [1.807, 2.05) is 13.8 Å². The number of nitrogens with one attached hydrogen (secondary N) is 1. The van der Waals surface area contributed by atoms with Crippen LogP contribution in [0.5, 0.6) is 0 Å². The second kappa shape index (κ2) is 18.9. The minimum absolute atomic E-state index is 0.0190. The fourth-order valence-corrected chi connectivity index (χ4v) is 3.27. The van der Waals surface area contributed by atoms with Crippen molar-refractivity contribution in [3.8, 4) is 0 Å². The smallest absolute Gasteiger partial charge is 0.220 e. The summed E-state index contributed by atoms with van der Waals surface area (Å²) in [6, 6.07) is -0.334. The van der Waals surface area contributed by atoms with Crippen molar-refractivity contribution in [2.45, 2.75) is 130 Å². The van der Waals surface area contributed by atoms with Crippen LogP contribution in [0.15, 0.2) is 0 Å². The first-order valence-electron chi connectivity index (χ1n) is 11.4. The molecule has 0 spiro atoms. The molecule has 3 heteroatoms. The molecule has 0 aliphatic heterocycles. The number of carbonyl (C=O) groups excluding carboxylic acids is 2. The Bertz CT molecular complexity index is 328. The fraction of sp³-hybridized carbons (Fsp3) is 0.913. The third kappa shape index (κ3) is 16.6. The van der Waals surface area contributed by atoms with E-state index in [2.05, 4.69) is 12.2 Å². The van der Waals surface area contributed by atoms with E-state index in [0.717, 1.165) is 19.1 Å². The first-order chi connectivity index (χ1) is 12.6. The predicted molar refractivity (Wildman–Crippen MR) is 112 cm³/mol. The molecule has 1 amide bonds. The molecule has 0 aliphatic carbocycles. The van der Waals surface area contributed by atoms with Gasteiger partial charge in [-0.15, -0.1) is 0 Å². The van der Waals surface area contributed by atoms with Crippen LogP contribution >= 0.6 is 0 Å². The molecule has 0 aromatic carbocycles. The molecule has 0 bridgehead atoms. The number of hydrogen-bond donors (Lipinski definition) is 1. The molecular formula is C23H45NO2. The third-order valence-corrected chi connectivity index (χ3v) is 5.20. The maximum absolute atomic E-state index is 11.8. The summed E-state index contributed by atoms with van der Waals surface area (Å²) >= 11 is 0. The number of rotatable bonds is 19. The molecule has 0 rings (SSSR count). The van der Waals surface area contributed by atoms with E-state index in [4.69, 9.17) is 0 Å². The van der Waals surface area contributed by atoms with Gasteiger partial charge in [0.05, 0.1) is 6.04 Å². The first kappa shape index (κ1) is 25.1. The van der Waals surface area contributed by atoms with E-state index < -0.39 is 0 Å². The van der Waals surface area contributed by atoms with Crippen molar-refractivity contribution in [1.29, 1.82) is 0 Å². The summed E-state index contributed by atoms with van der Waals surface area (Å²) < 4.78 is 0. The summed E-state index contributed by atoms with van der Waals surface area (Å²) in [5.41, 5.74) is 0. The maximum atomic E-state index is 11.8. The van der Waals surface area contributed by atoms with Gasteiger partial charge >= 0.3 is 0 Å². The lowest BCUT2D eigenvalue weighted by atomic mass is 10.0. The van der Waals surface area contributed by atoms with Crippen molar-refractivity contribution in [3.63, 3.8) is 0 Å². The average molecular weight is 368 g/mol. The van der Waals surface area contributed by atoms with Gasteiger partial charge in [0.2, 0.25) is 5.91 Å². The Kier molecular flexibility index (Phi) is 18.3. The Balaban J connectivity index is 3.26. The standard InChI is InChI=1S/C23H45NO2/c1-4-5-6-7-8-9-10-11-12-13-14-15-16-17-18-19-23(26)24-22(20-25)21(2)3/h20-22H,4-19H2,1-3H3,(H,24,26)/t22-/m1/s1.